The van der Waals surface area contributed by atoms with Gasteiger partial charge in [0.1, 0.15) is 10.8 Å². The zero-order valence-corrected chi connectivity index (χ0v) is 11.7. The summed E-state index contributed by atoms with van der Waals surface area (Å²) >= 11 is 5.22. The predicted molar refractivity (Wildman–Crippen MR) is 79.3 cm³/mol. The lowest BCUT2D eigenvalue weighted by Gasteiger charge is -1.88. The van der Waals surface area contributed by atoms with Crippen molar-refractivity contribution in [3.05, 3.63) is 54.8 Å². The van der Waals surface area contributed by atoms with Crippen LogP contribution in [-0.2, 0) is 0 Å². The van der Waals surface area contributed by atoms with Gasteiger partial charge in [-0.3, -0.25) is 4.79 Å². The van der Waals surface area contributed by atoms with Crippen LogP contribution in [0.15, 0.2) is 33.5 Å². The van der Waals surface area contributed by atoms with Crippen molar-refractivity contribution in [1.82, 2.24) is 9.97 Å². The normalized spacial score (nSPS) is 12.4. The molecule has 0 aliphatic carbocycles. The fourth-order valence-corrected chi connectivity index (χ4v) is 3.69. The minimum Gasteiger partial charge on any atom is -0.338 e. The van der Waals surface area contributed by atoms with Gasteiger partial charge in [-0.15, -0.1) is 11.3 Å². The number of imidazole rings is 1. The monoisotopic (exact) mass is 320 g/mol. The summed E-state index contributed by atoms with van der Waals surface area (Å²) in [5.41, 5.74) is 0.368. The van der Waals surface area contributed by atoms with Gasteiger partial charge in [0.15, 0.2) is 0 Å². The number of halogens is 1. The summed E-state index contributed by atoms with van der Waals surface area (Å²) in [5.74, 6) is 0. The molecule has 2 aromatic heterocycles. The summed E-state index contributed by atoms with van der Waals surface area (Å²) < 4.78 is 2.20. The molecule has 0 amide bonds. The van der Waals surface area contributed by atoms with Crippen molar-refractivity contribution in [1.29, 1.82) is 0 Å². The van der Waals surface area contributed by atoms with Gasteiger partial charge in [0.2, 0.25) is 0 Å². The fourth-order valence-electron chi connectivity index (χ4n) is 1.81. The van der Waals surface area contributed by atoms with Gasteiger partial charge >= 0.3 is 0 Å². The van der Waals surface area contributed by atoms with Gasteiger partial charge < -0.3 is 9.97 Å². The zero-order chi connectivity index (χ0) is 12.7. The Bertz CT molecular complexity index is 888. The Balaban J connectivity index is 2.31. The first kappa shape index (κ1) is 11.5. The standard InChI is InChI=1S/C13H9BrN2OS/c1-7-15-9(13(17)16-7)6-11-12(14)8-4-2-3-5-10(8)18-11/h2-6,15H,1H2,(H,16,17)/b9-6-. The van der Waals surface area contributed by atoms with E-state index >= 15 is 0 Å². The Labute approximate surface area is 115 Å². The predicted octanol–water partition coefficient (Wildman–Crippen LogP) is 1.92. The van der Waals surface area contributed by atoms with Gasteiger partial charge in [-0.1, -0.05) is 24.8 Å². The highest BCUT2D eigenvalue weighted by Crippen LogP contribution is 2.35. The Hall–Kier alpha value is -1.59. The van der Waals surface area contributed by atoms with Gasteiger partial charge in [-0.05, 0) is 28.1 Å². The molecule has 0 atom stereocenters. The van der Waals surface area contributed by atoms with E-state index in [1.54, 1.807) is 11.3 Å². The average Bonchev–Trinajstić information content (AvgIpc) is 2.82. The van der Waals surface area contributed by atoms with E-state index in [4.69, 9.17) is 0 Å². The van der Waals surface area contributed by atoms with Crippen LogP contribution in [0.2, 0.25) is 0 Å². The molecular formula is C13H9BrN2OS. The zero-order valence-electron chi connectivity index (χ0n) is 9.29. The van der Waals surface area contributed by atoms with Crippen LogP contribution in [0.4, 0.5) is 0 Å². The quantitative estimate of drug-likeness (QED) is 0.707. The van der Waals surface area contributed by atoms with Crippen LogP contribution in [0.3, 0.4) is 0 Å². The van der Waals surface area contributed by atoms with E-state index in [-0.39, 0.29) is 5.56 Å². The molecule has 3 aromatic rings. The van der Waals surface area contributed by atoms with Gasteiger partial charge in [0.25, 0.3) is 5.56 Å². The number of fused-ring (bicyclic) bond motifs is 1. The van der Waals surface area contributed by atoms with Crippen LogP contribution in [0.1, 0.15) is 4.88 Å². The number of nitrogens with one attached hydrogen (secondary N) is 2. The molecule has 3 nitrogen and oxygen atoms in total. The Morgan fingerprint density at radius 2 is 2.06 bits per heavy atom. The molecule has 5 heteroatoms. The minimum absolute atomic E-state index is 0.149. The van der Waals surface area contributed by atoms with Crippen molar-refractivity contribution in [2.75, 3.05) is 0 Å². The van der Waals surface area contributed by atoms with E-state index < -0.39 is 0 Å². The lowest BCUT2D eigenvalue weighted by Crippen LogP contribution is -2.22. The largest absolute Gasteiger partial charge is 0.338 e. The van der Waals surface area contributed by atoms with Gasteiger partial charge in [-0.2, -0.15) is 0 Å². The summed E-state index contributed by atoms with van der Waals surface area (Å²) in [5, 5.41) is 1.68. The SMILES string of the molecule is C=c1[nH]c(=O)/c(=C/c2sc3ccccc3c2Br)[nH]1. The molecule has 0 unspecified atom stereocenters. The van der Waals surface area contributed by atoms with Crippen LogP contribution in [0, 0.1) is 0 Å². The molecule has 90 valence electrons. The third-order valence-electron chi connectivity index (χ3n) is 2.63. The minimum atomic E-state index is -0.149. The molecule has 0 saturated heterocycles. The van der Waals surface area contributed by atoms with E-state index in [0.29, 0.717) is 10.8 Å². The Kier molecular flexibility index (Phi) is 2.72. The molecular weight excluding hydrogens is 312 g/mol. The Morgan fingerprint density at radius 1 is 1.28 bits per heavy atom. The van der Waals surface area contributed by atoms with Crippen LogP contribution in [0.25, 0.3) is 22.7 Å². The summed E-state index contributed by atoms with van der Waals surface area (Å²) in [6.07, 6.45) is 1.84. The Morgan fingerprint density at radius 3 is 2.72 bits per heavy atom. The first-order valence-electron chi connectivity index (χ1n) is 5.31. The molecule has 0 aliphatic rings. The maximum Gasteiger partial charge on any atom is 0.273 e. The van der Waals surface area contributed by atoms with Crippen molar-refractivity contribution in [2.45, 2.75) is 0 Å². The lowest BCUT2D eigenvalue weighted by atomic mass is 10.2. The average molecular weight is 321 g/mol. The van der Waals surface area contributed by atoms with Crippen molar-refractivity contribution < 1.29 is 0 Å². The number of hydrogen-bond acceptors (Lipinski definition) is 2. The highest BCUT2D eigenvalue weighted by Gasteiger charge is 2.07. The van der Waals surface area contributed by atoms with Crippen LogP contribution >= 0.6 is 27.3 Å². The van der Waals surface area contributed by atoms with Gasteiger partial charge in [0.05, 0.1) is 0 Å². The second-order valence-electron chi connectivity index (χ2n) is 3.89. The van der Waals surface area contributed by atoms with E-state index in [2.05, 4.69) is 44.6 Å². The van der Waals surface area contributed by atoms with Crippen molar-refractivity contribution in [3.63, 3.8) is 0 Å². The number of rotatable bonds is 1. The third-order valence-corrected chi connectivity index (χ3v) is 4.86. The molecule has 3 rings (SSSR count). The number of thiophene rings is 1. The number of aromatic amines is 2. The second-order valence-corrected chi connectivity index (χ2v) is 5.77. The van der Waals surface area contributed by atoms with Crippen molar-refractivity contribution in [2.24, 2.45) is 0 Å². The van der Waals surface area contributed by atoms with E-state index in [1.807, 2.05) is 18.2 Å². The van der Waals surface area contributed by atoms with Gasteiger partial charge in [-0.25, -0.2) is 0 Å². The first-order valence-corrected chi connectivity index (χ1v) is 6.92. The van der Waals surface area contributed by atoms with Gasteiger partial charge in [0, 0.05) is 19.4 Å². The van der Waals surface area contributed by atoms with E-state index in [9.17, 15) is 4.79 Å². The van der Waals surface area contributed by atoms with Crippen LogP contribution in [0.5, 0.6) is 0 Å². The molecule has 18 heavy (non-hydrogen) atoms. The van der Waals surface area contributed by atoms with Crippen molar-refractivity contribution >= 4 is 50.0 Å². The number of hydrogen-bond donors (Lipinski definition) is 2. The summed E-state index contributed by atoms with van der Waals surface area (Å²) in [4.78, 5) is 18.2. The number of aromatic nitrogens is 2. The van der Waals surface area contributed by atoms with E-state index in [1.165, 1.54) is 4.70 Å². The third kappa shape index (κ3) is 1.85. The molecule has 2 heterocycles. The lowest BCUT2D eigenvalue weighted by molar-refractivity contribution is 1.19. The molecule has 0 radical (unpaired) electrons. The molecule has 0 aliphatic heterocycles. The molecule has 0 spiro atoms. The fraction of sp³-hybridized carbons (Fsp3) is 0. The maximum atomic E-state index is 11.6. The number of H-pyrrole nitrogens is 2. The second kappa shape index (κ2) is 4.26. The maximum absolute atomic E-state index is 11.6. The van der Waals surface area contributed by atoms with Crippen molar-refractivity contribution in [3.8, 4) is 0 Å². The summed E-state index contributed by atoms with van der Waals surface area (Å²) in [6, 6.07) is 8.12. The molecule has 0 fully saturated rings. The van der Waals surface area contributed by atoms with E-state index in [0.717, 1.165) is 14.7 Å². The highest BCUT2D eigenvalue weighted by molar-refractivity contribution is 9.10. The van der Waals surface area contributed by atoms with Crippen LogP contribution in [-0.4, -0.2) is 9.97 Å². The molecule has 0 saturated carbocycles. The summed E-state index contributed by atoms with van der Waals surface area (Å²) in [6.45, 7) is 3.67. The molecule has 1 aromatic carbocycles. The highest BCUT2D eigenvalue weighted by atomic mass is 79.9. The molecule has 0 bridgehead atoms. The first-order chi connectivity index (χ1) is 8.65. The van der Waals surface area contributed by atoms with Crippen LogP contribution < -0.4 is 16.4 Å². The topological polar surface area (TPSA) is 48.6 Å². The smallest absolute Gasteiger partial charge is 0.273 e. The number of benzene rings is 1. The summed E-state index contributed by atoms with van der Waals surface area (Å²) in [7, 11) is 0. The molecule has 2 N–H and O–H groups in total.